The maximum Gasteiger partial charge on any atom is 0.300 e. The zero-order valence-corrected chi connectivity index (χ0v) is 18.0. The van der Waals surface area contributed by atoms with Crippen molar-refractivity contribution in [2.75, 3.05) is 12.0 Å². The smallest absolute Gasteiger partial charge is 0.300 e. The van der Waals surface area contributed by atoms with Crippen LogP contribution in [-0.4, -0.2) is 29.0 Å². The molecule has 32 heavy (non-hydrogen) atoms. The molecule has 0 aromatic heterocycles. The van der Waals surface area contributed by atoms with Crippen LogP contribution in [0.1, 0.15) is 28.3 Å². The van der Waals surface area contributed by atoms with Crippen molar-refractivity contribution in [3.63, 3.8) is 0 Å². The fourth-order valence-electron chi connectivity index (χ4n) is 3.91. The Labute approximate surface area is 186 Å². The minimum Gasteiger partial charge on any atom is -0.508 e. The number of rotatable bonds is 4. The van der Waals surface area contributed by atoms with E-state index in [-0.39, 0.29) is 17.1 Å². The van der Waals surface area contributed by atoms with Crippen molar-refractivity contribution in [2.45, 2.75) is 19.9 Å². The van der Waals surface area contributed by atoms with E-state index in [1.165, 1.54) is 24.1 Å². The molecule has 1 heterocycles. The van der Waals surface area contributed by atoms with Gasteiger partial charge in [-0.3, -0.25) is 14.5 Å². The third-order valence-electron chi connectivity index (χ3n) is 5.74. The number of carbonyl (C=O) groups excluding carboxylic acids is 2. The van der Waals surface area contributed by atoms with Crippen LogP contribution in [0.5, 0.6) is 11.5 Å². The molecule has 3 aromatic rings. The molecule has 162 valence electrons. The van der Waals surface area contributed by atoms with Crippen molar-refractivity contribution in [1.82, 2.24) is 0 Å². The average molecular weight is 429 g/mol. The molecule has 6 heteroatoms. The number of methoxy groups -OCH3 is 1. The summed E-state index contributed by atoms with van der Waals surface area (Å²) in [5.74, 6) is -1.31. The van der Waals surface area contributed by atoms with Crippen molar-refractivity contribution < 1.29 is 24.5 Å². The highest BCUT2D eigenvalue weighted by atomic mass is 16.5. The van der Waals surface area contributed by atoms with Gasteiger partial charge in [-0.25, -0.2) is 0 Å². The second-order valence-electron chi connectivity index (χ2n) is 7.76. The maximum absolute atomic E-state index is 13.2. The molecule has 1 aliphatic heterocycles. The molecule has 1 amide bonds. The highest BCUT2D eigenvalue weighted by Crippen LogP contribution is 2.43. The fraction of sp³-hybridized carbons (Fsp3) is 0.154. The van der Waals surface area contributed by atoms with Crippen molar-refractivity contribution in [3.05, 3.63) is 94.6 Å². The fourth-order valence-corrected chi connectivity index (χ4v) is 3.91. The second kappa shape index (κ2) is 8.23. The SMILES string of the molecule is COc1cccc(N2C(=O)C(=O)/C(=C(/O)c3ccc(C)c(C)c3)C2c2cccc(O)c2)c1. The zero-order chi connectivity index (χ0) is 23.0. The largest absolute Gasteiger partial charge is 0.508 e. The lowest BCUT2D eigenvalue weighted by atomic mass is 9.94. The highest BCUT2D eigenvalue weighted by molar-refractivity contribution is 6.51. The molecule has 1 fully saturated rings. The van der Waals surface area contributed by atoms with E-state index in [0.29, 0.717) is 22.6 Å². The lowest BCUT2D eigenvalue weighted by Gasteiger charge is -2.26. The summed E-state index contributed by atoms with van der Waals surface area (Å²) in [4.78, 5) is 27.7. The molecule has 1 saturated heterocycles. The number of carbonyl (C=O) groups is 2. The Balaban J connectivity index is 1.96. The first kappa shape index (κ1) is 21.2. The number of aliphatic hydroxyl groups is 1. The minimum atomic E-state index is -0.921. The van der Waals surface area contributed by atoms with Crippen LogP contribution in [0.25, 0.3) is 5.76 Å². The molecule has 6 nitrogen and oxygen atoms in total. The summed E-state index contributed by atoms with van der Waals surface area (Å²) in [7, 11) is 1.51. The minimum absolute atomic E-state index is 0.00934. The van der Waals surface area contributed by atoms with E-state index in [1.807, 2.05) is 19.9 Å². The number of aromatic hydroxyl groups is 1. The van der Waals surface area contributed by atoms with Gasteiger partial charge >= 0.3 is 0 Å². The Morgan fingerprint density at radius 1 is 0.938 bits per heavy atom. The Morgan fingerprint density at radius 3 is 2.38 bits per heavy atom. The van der Waals surface area contributed by atoms with Crippen LogP contribution in [0.15, 0.2) is 72.3 Å². The third-order valence-corrected chi connectivity index (χ3v) is 5.74. The lowest BCUT2D eigenvalue weighted by molar-refractivity contribution is -0.132. The lowest BCUT2D eigenvalue weighted by Crippen LogP contribution is -2.29. The first-order valence-electron chi connectivity index (χ1n) is 10.1. The van der Waals surface area contributed by atoms with Gasteiger partial charge in [0, 0.05) is 17.3 Å². The van der Waals surface area contributed by atoms with E-state index in [0.717, 1.165) is 11.1 Å². The number of benzene rings is 3. The van der Waals surface area contributed by atoms with E-state index in [2.05, 4.69) is 0 Å². The molecule has 2 N–H and O–H groups in total. The predicted octanol–water partition coefficient (Wildman–Crippen LogP) is 4.64. The Kier molecular flexibility index (Phi) is 5.45. The van der Waals surface area contributed by atoms with Gasteiger partial charge in [0.25, 0.3) is 11.7 Å². The van der Waals surface area contributed by atoms with Crippen LogP contribution < -0.4 is 9.64 Å². The van der Waals surface area contributed by atoms with E-state index in [1.54, 1.807) is 48.5 Å². The van der Waals surface area contributed by atoms with E-state index in [9.17, 15) is 19.8 Å². The number of phenolic OH excluding ortho intramolecular Hbond substituents is 1. The number of aliphatic hydroxyl groups excluding tert-OH is 1. The van der Waals surface area contributed by atoms with Crippen LogP contribution in [-0.2, 0) is 9.59 Å². The summed E-state index contributed by atoms with van der Waals surface area (Å²) in [6, 6.07) is 17.6. The number of phenols is 1. The number of nitrogens with zero attached hydrogens (tertiary/aromatic N) is 1. The topological polar surface area (TPSA) is 87.1 Å². The monoisotopic (exact) mass is 429 g/mol. The number of ether oxygens (including phenoxy) is 1. The number of anilines is 1. The highest BCUT2D eigenvalue weighted by Gasteiger charge is 2.47. The van der Waals surface area contributed by atoms with Gasteiger partial charge in [0.1, 0.15) is 17.3 Å². The summed E-state index contributed by atoms with van der Waals surface area (Å²) >= 11 is 0. The number of Topliss-reactive ketones (excluding diaryl/α,β-unsaturated/α-hetero) is 1. The molecular weight excluding hydrogens is 406 g/mol. The standard InChI is InChI=1S/C26H23NO5/c1-15-10-11-18(12-16(15)2)24(29)22-23(17-6-4-8-20(28)13-17)27(26(31)25(22)30)19-7-5-9-21(14-19)32-3/h4-14,23,28-29H,1-3H3/b24-22+. The zero-order valence-electron chi connectivity index (χ0n) is 18.0. The van der Waals surface area contributed by atoms with Crippen LogP contribution in [0.2, 0.25) is 0 Å². The molecule has 0 aliphatic carbocycles. The van der Waals surface area contributed by atoms with Gasteiger partial charge in [-0.15, -0.1) is 0 Å². The van der Waals surface area contributed by atoms with E-state index < -0.39 is 17.7 Å². The van der Waals surface area contributed by atoms with Crippen molar-refractivity contribution in [3.8, 4) is 11.5 Å². The number of hydrogen-bond acceptors (Lipinski definition) is 5. The molecular formula is C26H23NO5. The van der Waals surface area contributed by atoms with Gasteiger partial charge in [-0.2, -0.15) is 0 Å². The molecule has 1 aliphatic rings. The van der Waals surface area contributed by atoms with Gasteiger partial charge in [0.2, 0.25) is 0 Å². The molecule has 4 rings (SSSR count). The summed E-state index contributed by atoms with van der Waals surface area (Å²) in [6.45, 7) is 3.86. The summed E-state index contributed by atoms with van der Waals surface area (Å²) in [5.41, 5.74) is 3.35. The molecule has 0 spiro atoms. The quantitative estimate of drug-likeness (QED) is 0.358. The van der Waals surface area contributed by atoms with Crippen LogP contribution in [0.4, 0.5) is 5.69 Å². The number of amides is 1. The Hall–Kier alpha value is -4.06. The van der Waals surface area contributed by atoms with Gasteiger partial charge in [0.15, 0.2) is 0 Å². The first-order valence-corrected chi connectivity index (χ1v) is 10.1. The summed E-state index contributed by atoms with van der Waals surface area (Å²) in [6.07, 6.45) is 0. The summed E-state index contributed by atoms with van der Waals surface area (Å²) in [5, 5.41) is 21.2. The Morgan fingerprint density at radius 2 is 1.69 bits per heavy atom. The second-order valence-corrected chi connectivity index (χ2v) is 7.76. The number of aryl methyl sites for hydroxylation is 2. The molecule has 1 unspecified atom stereocenters. The Bertz CT molecular complexity index is 1260. The van der Waals surface area contributed by atoms with Gasteiger partial charge < -0.3 is 14.9 Å². The van der Waals surface area contributed by atoms with Gasteiger partial charge in [-0.1, -0.05) is 30.3 Å². The van der Waals surface area contributed by atoms with Gasteiger partial charge in [0.05, 0.1) is 18.7 Å². The molecule has 0 radical (unpaired) electrons. The average Bonchev–Trinajstić information content (AvgIpc) is 3.06. The number of ketones is 1. The van der Waals surface area contributed by atoms with Gasteiger partial charge in [-0.05, 0) is 60.9 Å². The van der Waals surface area contributed by atoms with Crippen LogP contribution in [0.3, 0.4) is 0 Å². The van der Waals surface area contributed by atoms with Crippen LogP contribution >= 0.6 is 0 Å². The van der Waals surface area contributed by atoms with Crippen molar-refractivity contribution in [1.29, 1.82) is 0 Å². The molecule has 0 bridgehead atoms. The van der Waals surface area contributed by atoms with Crippen molar-refractivity contribution in [2.24, 2.45) is 0 Å². The summed E-state index contributed by atoms with van der Waals surface area (Å²) < 4.78 is 5.28. The normalized spacial score (nSPS) is 17.6. The first-order chi connectivity index (χ1) is 15.3. The molecule has 3 aromatic carbocycles. The number of hydrogen-bond donors (Lipinski definition) is 2. The van der Waals surface area contributed by atoms with E-state index >= 15 is 0 Å². The predicted molar refractivity (Wildman–Crippen MR) is 122 cm³/mol. The van der Waals surface area contributed by atoms with Crippen LogP contribution in [0, 0.1) is 13.8 Å². The third kappa shape index (κ3) is 3.60. The maximum atomic E-state index is 13.2. The molecule has 0 saturated carbocycles. The van der Waals surface area contributed by atoms with Crippen molar-refractivity contribution >= 4 is 23.1 Å². The molecule has 1 atom stereocenters. The van der Waals surface area contributed by atoms with E-state index in [4.69, 9.17) is 4.74 Å².